The predicted octanol–water partition coefficient (Wildman–Crippen LogP) is 10.8. The first-order chi connectivity index (χ1) is 17.2. The lowest BCUT2D eigenvalue weighted by atomic mass is 9.85. The van der Waals surface area contributed by atoms with Gasteiger partial charge in [-0.15, -0.1) is 0 Å². The Balaban J connectivity index is 1.78. The van der Waals surface area contributed by atoms with E-state index in [1.54, 1.807) is 0 Å². The number of alkyl halides is 2. The second-order valence-corrected chi connectivity index (χ2v) is 11.8. The van der Waals surface area contributed by atoms with Gasteiger partial charge in [0.1, 0.15) is 0 Å². The van der Waals surface area contributed by atoms with Gasteiger partial charge in [-0.2, -0.15) is 0 Å². The van der Waals surface area contributed by atoms with Gasteiger partial charge < -0.3 is 0 Å². The molecule has 2 heteroatoms. The lowest BCUT2D eigenvalue weighted by Gasteiger charge is -2.22. The highest BCUT2D eigenvalue weighted by molar-refractivity contribution is 9.24. The summed E-state index contributed by atoms with van der Waals surface area (Å²) in [5, 5.41) is 4.98. The Labute approximate surface area is 222 Å². The Morgan fingerprint density at radius 3 is 1.63 bits per heavy atom. The minimum absolute atomic E-state index is 0.0102. The third-order valence-electron chi connectivity index (χ3n) is 6.63. The summed E-state index contributed by atoms with van der Waals surface area (Å²) in [5.74, 6) is 0. The molecule has 0 saturated heterocycles. The van der Waals surface area contributed by atoms with Crippen LogP contribution in [-0.4, -0.2) is 0 Å². The van der Waals surface area contributed by atoms with Crippen molar-refractivity contribution < 1.29 is 0 Å². The zero-order valence-electron chi connectivity index (χ0n) is 19.0. The molecule has 0 nitrogen and oxygen atoms in total. The molecule has 0 saturated carbocycles. The van der Waals surface area contributed by atoms with Crippen molar-refractivity contribution in [3.8, 4) is 33.4 Å². The predicted molar refractivity (Wildman–Crippen MR) is 158 cm³/mol. The van der Waals surface area contributed by atoms with Crippen LogP contribution >= 0.6 is 31.9 Å². The van der Waals surface area contributed by atoms with Crippen LogP contribution in [-0.2, 0) is 0 Å². The standard InChI is InChI=1S/C33H22Br2/c34-33(35)32-29(23-13-5-2-6-14-23)20-25-16-8-10-18-28(25)31(32)30-21-26(22-11-3-1-4-12-22)19-24-15-7-9-17-27(24)30/h1-21,33H. The summed E-state index contributed by atoms with van der Waals surface area (Å²) in [7, 11) is 0. The first-order valence-electron chi connectivity index (χ1n) is 11.7. The van der Waals surface area contributed by atoms with Crippen LogP contribution in [0.2, 0.25) is 0 Å². The van der Waals surface area contributed by atoms with Crippen molar-refractivity contribution >= 4 is 53.4 Å². The third kappa shape index (κ3) is 4.11. The van der Waals surface area contributed by atoms with Gasteiger partial charge in [0, 0.05) is 0 Å². The van der Waals surface area contributed by atoms with Crippen LogP contribution in [0.5, 0.6) is 0 Å². The van der Waals surface area contributed by atoms with E-state index in [9.17, 15) is 0 Å². The lowest BCUT2D eigenvalue weighted by molar-refractivity contribution is 1.43. The van der Waals surface area contributed by atoms with Gasteiger partial charge >= 0.3 is 0 Å². The molecule has 0 aliphatic rings. The molecule has 0 aliphatic heterocycles. The molecule has 0 heterocycles. The van der Waals surface area contributed by atoms with Crippen LogP contribution in [0.4, 0.5) is 0 Å². The SMILES string of the molecule is BrC(Br)c1c(-c2ccccc2)cc2ccccc2c1-c1cc(-c2ccccc2)cc2ccccc12. The Bertz CT molecular complexity index is 1650. The first kappa shape index (κ1) is 22.3. The van der Waals surface area contributed by atoms with E-state index < -0.39 is 0 Å². The molecule has 6 rings (SSSR count). The minimum atomic E-state index is -0.0102. The number of halogens is 2. The van der Waals surface area contributed by atoms with Gasteiger partial charge in [0.15, 0.2) is 0 Å². The van der Waals surface area contributed by atoms with Gasteiger partial charge in [0.2, 0.25) is 0 Å². The van der Waals surface area contributed by atoms with Crippen LogP contribution < -0.4 is 0 Å². The first-order valence-corrected chi connectivity index (χ1v) is 13.5. The quantitative estimate of drug-likeness (QED) is 0.183. The summed E-state index contributed by atoms with van der Waals surface area (Å²) in [5.41, 5.74) is 8.63. The van der Waals surface area contributed by atoms with Crippen molar-refractivity contribution in [2.45, 2.75) is 3.74 Å². The van der Waals surface area contributed by atoms with Gasteiger partial charge in [-0.05, 0) is 78.7 Å². The highest BCUT2D eigenvalue weighted by Crippen LogP contribution is 2.48. The molecular weight excluding hydrogens is 556 g/mol. The van der Waals surface area contributed by atoms with Crippen molar-refractivity contribution in [1.29, 1.82) is 0 Å². The number of hydrogen-bond acceptors (Lipinski definition) is 0. The number of hydrogen-bond donors (Lipinski definition) is 0. The summed E-state index contributed by atoms with van der Waals surface area (Å²) in [6.07, 6.45) is 0. The van der Waals surface area contributed by atoms with E-state index in [1.807, 2.05) is 0 Å². The monoisotopic (exact) mass is 576 g/mol. The molecule has 0 spiro atoms. The van der Waals surface area contributed by atoms with Crippen LogP contribution in [0.15, 0.2) is 127 Å². The second kappa shape index (κ2) is 9.45. The summed E-state index contributed by atoms with van der Waals surface area (Å²) in [6.45, 7) is 0. The van der Waals surface area contributed by atoms with Crippen molar-refractivity contribution in [3.05, 3.63) is 133 Å². The highest BCUT2D eigenvalue weighted by atomic mass is 79.9. The van der Waals surface area contributed by atoms with E-state index in [-0.39, 0.29) is 3.74 Å². The summed E-state index contributed by atoms with van der Waals surface area (Å²) in [6, 6.07) is 45.7. The molecule has 35 heavy (non-hydrogen) atoms. The Kier molecular flexibility index (Phi) is 6.01. The number of benzene rings is 6. The molecule has 0 N–H and O–H groups in total. The fourth-order valence-corrected chi connectivity index (χ4v) is 6.00. The van der Waals surface area contributed by atoms with E-state index in [0.717, 1.165) is 0 Å². The molecular formula is C33H22Br2. The van der Waals surface area contributed by atoms with Gasteiger partial charge in [-0.3, -0.25) is 0 Å². The average molecular weight is 578 g/mol. The van der Waals surface area contributed by atoms with Crippen molar-refractivity contribution in [3.63, 3.8) is 0 Å². The molecule has 0 aliphatic carbocycles. The van der Waals surface area contributed by atoms with Crippen LogP contribution in [0, 0.1) is 0 Å². The topological polar surface area (TPSA) is 0 Å². The third-order valence-corrected chi connectivity index (χ3v) is 7.55. The molecule has 0 aromatic heterocycles. The molecule has 6 aromatic rings. The van der Waals surface area contributed by atoms with Crippen LogP contribution in [0.3, 0.4) is 0 Å². The summed E-state index contributed by atoms with van der Waals surface area (Å²) in [4.78, 5) is 0. The van der Waals surface area contributed by atoms with Gasteiger partial charge in [0.05, 0.1) is 3.74 Å². The molecule has 0 atom stereocenters. The molecule has 168 valence electrons. The summed E-state index contributed by atoms with van der Waals surface area (Å²) >= 11 is 7.82. The van der Waals surface area contributed by atoms with Gasteiger partial charge in [0.25, 0.3) is 0 Å². The van der Waals surface area contributed by atoms with E-state index in [1.165, 1.54) is 60.5 Å². The maximum Gasteiger partial charge on any atom is 0.0958 e. The Morgan fingerprint density at radius 2 is 0.971 bits per heavy atom. The number of fused-ring (bicyclic) bond motifs is 2. The van der Waals surface area contributed by atoms with Crippen LogP contribution in [0.1, 0.15) is 9.30 Å². The zero-order chi connectivity index (χ0) is 23.8. The molecule has 0 fully saturated rings. The lowest BCUT2D eigenvalue weighted by Crippen LogP contribution is -1.97. The highest BCUT2D eigenvalue weighted by Gasteiger charge is 2.22. The number of rotatable bonds is 4. The summed E-state index contributed by atoms with van der Waals surface area (Å²) < 4.78 is -0.0102. The zero-order valence-corrected chi connectivity index (χ0v) is 22.1. The maximum absolute atomic E-state index is 3.91. The molecule has 6 aromatic carbocycles. The van der Waals surface area contributed by atoms with E-state index in [0.29, 0.717) is 0 Å². The smallest absolute Gasteiger partial charge is 0.0711 e. The Hall–Kier alpha value is -3.20. The van der Waals surface area contributed by atoms with E-state index in [2.05, 4.69) is 159 Å². The van der Waals surface area contributed by atoms with E-state index >= 15 is 0 Å². The molecule has 0 bridgehead atoms. The van der Waals surface area contributed by atoms with Gasteiger partial charge in [-0.1, -0.05) is 141 Å². The molecule has 0 unspecified atom stereocenters. The van der Waals surface area contributed by atoms with E-state index in [4.69, 9.17) is 0 Å². The van der Waals surface area contributed by atoms with Crippen LogP contribution in [0.25, 0.3) is 54.9 Å². The maximum atomic E-state index is 3.91. The molecule has 0 radical (unpaired) electrons. The van der Waals surface area contributed by atoms with Crippen molar-refractivity contribution in [1.82, 2.24) is 0 Å². The fraction of sp³-hybridized carbons (Fsp3) is 0.0303. The van der Waals surface area contributed by atoms with Crippen molar-refractivity contribution in [2.24, 2.45) is 0 Å². The average Bonchev–Trinajstić information content (AvgIpc) is 2.92. The Morgan fingerprint density at radius 1 is 0.429 bits per heavy atom. The van der Waals surface area contributed by atoms with Gasteiger partial charge in [-0.25, -0.2) is 0 Å². The largest absolute Gasteiger partial charge is 0.0958 e. The minimum Gasteiger partial charge on any atom is -0.0711 e. The second-order valence-electron chi connectivity index (χ2n) is 8.71. The van der Waals surface area contributed by atoms with Crippen molar-refractivity contribution in [2.75, 3.05) is 0 Å². The molecule has 0 amide bonds. The fourth-order valence-electron chi connectivity index (χ4n) is 5.05. The normalized spacial score (nSPS) is 11.4.